The van der Waals surface area contributed by atoms with Crippen LogP contribution in [0.15, 0.2) is 18.2 Å². The number of carbonyl (C=O) groups is 2. The van der Waals surface area contributed by atoms with Gasteiger partial charge in [-0.05, 0) is 18.2 Å². The van der Waals surface area contributed by atoms with E-state index in [-0.39, 0.29) is 12.5 Å². The van der Waals surface area contributed by atoms with Crippen molar-refractivity contribution in [1.82, 2.24) is 0 Å². The van der Waals surface area contributed by atoms with Gasteiger partial charge in [0, 0.05) is 25.1 Å². The van der Waals surface area contributed by atoms with Crippen molar-refractivity contribution in [1.29, 1.82) is 0 Å². The number of carbonyl (C=O) groups excluding carboxylic acids is 2. The van der Waals surface area contributed by atoms with Gasteiger partial charge in [-0.15, -0.1) is 0 Å². The van der Waals surface area contributed by atoms with Crippen LogP contribution in [0.1, 0.15) is 19.4 Å². The van der Waals surface area contributed by atoms with Crippen LogP contribution in [0.25, 0.3) is 0 Å². The summed E-state index contributed by atoms with van der Waals surface area (Å²) in [7, 11) is 0. The van der Waals surface area contributed by atoms with Gasteiger partial charge >= 0.3 is 5.97 Å². The molecule has 0 aliphatic carbocycles. The Labute approximate surface area is 93.0 Å². The molecule has 1 rings (SSSR count). The Kier molecular flexibility index (Phi) is 4.02. The van der Waals surface area contributed by atoms with Gasteiger partial charge in [-0.3, -0.25) is 9.59 Å². The predicted octanol–water partition coefficient (Wildman–Crippen LogP) is 1.06. The molecule has 0 spiro atoms. The number of benzene rings is 1. The molecule has 0 atom stereocenters. The molecule has 0 fully saturated rings. The molecular formula is C11H13NO4. The first-order valence-corrected chi connectivity index (χ1v) is 4.72. The first-order valence-electron chi connectivity index (χ1n) is 4.72. The molecule has 0 aliphatic heterocycles. The van der Waals surface area contributed by atoms with Crippen molar-refractivity contribution in [3.63, 3.8) is 0 Å². The second-order valence-electron chi connectivity index (χ2n) is 3.25. The molecule has 1 aromatic rings. The van der Waals surface area contributed by atoms with Gasteiger partial charge in [0.2, 0.25) is 5.91 Å². The zero-order valence-electron chi connectivity index (χ0n) is 9.11. The second kappa shape index (κ2) is 5.27. The minimum atomic E-state index is -0.434. The van der Waals surface area contributed by atoms with E-state index in [1.165, 1.54) is 19.9 Å². The molecule has 0 unspecified atom stereocenters. The lowest BCUT2D eigenvalue weighted by molar-refractivity contribution is -0.131. The molecule has 0 heterocycles. The molecule has 0 radical (unpaired) electrons. The number of hydrogen-bond acceptors (Lipinski definition) is 4. The fourth-order valence-electron chi connectivity index (χ4n) is 1.24. The number of amides is 1. The molecule has 0 saturated carbocycles. The van der Waals surface area contributed by atoms with E-state index in [0.717, 1.165) is 0 Å². The Balaban J connectivity index is 2.96. The van der Waals surface area contributed by atoms with Gasteiger partial charge < -0.3 is 15.2 Å². The van der Waals surface area contributed by atoms with Crippen molar-refractivity contribution in [2.24, 2.45) is 0 Å². The zero-order valence-corrected chi connectivity index (χ0v) is 9.11. The van der Waals surface area contributed by atoms with E-state index >= 15 is 0 Å². The van der Waals surface area contributed by atoms with E-state index in [4.69, 9.17) is 9.84 Å². The SMILES string of the molecule is CC(=O)Nc1ccc(OC(C)=O)cc1CO. The Morgan fingerprint density at radius 3 is 2.56 bits per heavy atom. The fourth-order valence-corrected chi connectivity index (χ4v) is 1.24. The summed E-state index contributed by atoms with van der Waals surface area (Å²) in [6, 6.07) is 4.63. The standard InChI is InChI=1S/C11H13NO4/c1-7(14)12-11-4-3-10(16-8(2)15)5-9(11)6-13/h3-5,13H,6H2,1-2H3,(H,12,14). The van der Waals surface area contributed by atoms with Crippen molar-refractivity contribution >= 4 is 17.6 Å². The van der Waals surface area contributed by atoms with E-state index < -0.39 is 5.97 Å². The molecule has 0 bridgehead atoms. The highest BCUT2D eigenvalue weighted by Crippen LogP contribution is 2.22. The minimum Gasteiger partial charge on any atom is -0.427 e. The summed E-state index contributed by atoms with van der Waals surface area (Å²) in [5.74, 6) is -0.322. The molecule has 86 valence electrons. The summed E-state index contributed by atoms with van der Waals surface area (Å²) in [5.41, 5.74) is 1.000. The topological polar surface area (TPSA) is 75.6 Å². The maximum absolute atomic E-state index is 10.9. The Hall–Kier alpha value is -1.88. The number of anilines is 1. The van der Waals surface area contributed by atoms with Crippen LogP contribution in [0.2, 0.25) is 0 Å². The average molecular weight is 223 g/mol. The summed E-state index contributed by atoms with van der Waals surface area (Å²) < 4.78 is 4.85. The van der Waals surface area contributed by atoms with Gasteiger partial charge in [-0.1, -0.05) is 0 Å². The normalized spacial score (nSPS) is 9.69. The van der Waals surface area contributed by atoms with E-state index in [1.54, 1.807) is 12.1 Å². The summed E-state index contributed by atoms with van der Waals surface area (Å²) in [4.78, 5) is 21.6. The Morgan fingerprint density at radius 2 is 2.06 bits per heavy atom. The quantitative estimate of drug-likeness (QED) is 0.593. The van der Waals surface area contributed by atoms with E-state index in [2.05, 4.69) is 5.32 Å². The van der Waals surface area contributed by atoms with Crippen molar-refractivity contribution < 1.29 is 19.4 Å². The largest absolute Gasteiger partial charge is 0.427 e. The maximum Gasteiger partial charge on any atom is 0.308 e. The van der Waals surface area contributed by atoms with Crippen LogP contribution in [0, 0.1) is 0 Å². The zero-order chi connectivity index (χ0) is 12.1. The van der Waals surface area contributed by atoms with Gasteiger partial charge in [0.1, 0.15) is 5.75 Å². The van der Waals surface area contributed by atoms with Crippen LogP contribution in [-0.2, 0) is 16.2 Å². The third-order valence-corrected chi connectivity index (χ3v) is 1.82. The van der Waals surface area contributed by atoms with Crippen molar-refractivity contribution in [2.45, 2.75) is 20.5 Å². The molecule has 0 aromatic heterocycles. The fraction of sp³-hybridized carbons (Fsp3) is 0.273. The smallest absolute Gasteiger partial charge is 0.308 e. The van der Waals surface area contributed by atoms with Crippen molar-refractivity contribution in [3.8, 4) is 5.75 Å². The Morgan fingerprint density at radius 1 is 1.38 bits per heavy atom. The monoisotopic (exact) mass is 223 g/mol. The molecule has 16 heavy (non-hydrogen) atoms. The highest BCUT2D eigenvalue weighted by atomic mass is 16.5. The maximum atomic E-state index is 10.9. The minimum absolute atomic E-state index is 0.227. The van der Waals surface area contributed by atoms with Crippen LogP contribution in [-0.4, -0.2) is 17.0 Å². The molecule has 1 aromatic carbocycles. The third-order valence-electron chi connectivity index (χ3n) is 1.82. The Bertz CT molecular complexity index is 414. The molecule has 2 N–H and O–H groups in total. The van der Waals surface area contributed by atoms with Gasteiger partial charge in [-0.25, -0.2) is 0 Å². The molecule has 0 saturated heterocycles. The van der Waals surface area contributed by atoms with Crippen LogP contribution in [0.3, 0.4) is 0 Å². The number of ether oxygens (including phenoxy) is 1. The van der Waals surface area contributed by atoms with E-state index in [0.29, 0.717) is 17.0 Å². The van der Waals surface area contributed by atoms with Crippen molar-refractivity contribution in [3.05, 3.63) is 23.8 Å². The van der Waals surface area contributed by atoms with Gasteiger partial charge in [0.25, 0.3) is 0 Å². The van der Waals surface area contributed by atoms with Gasteiger partial charge in [0.05, 0.1) is 6.61 Å². The van der Waals surface area contributed by atoms with Crippen LogP contribution < -0.4 is 10.1 Å². The van der Waals surface area contributed by atoms with Crippen LogP contribution >= 0.6 is 0 Å². The third kappa shape index (κ3) is 3.36. The molecule has 1 amide bonds. The number of nitrogens with one attached hydrogen (secondary N) is 1. The summed E-state index contributed by atoms with van der Waals surface area (Å²) in [5, 5.41) is 11.7. The number of hydrogen-bond donors (Lipinski definition) is 2. The number of rotatable bonds is 3. The lowest BCUT2D eigenvalue weighted by atomic mass is 10.1. The van der Waals surface area contributed by atoms with Gasteiger partial charge in [0.15, 0.2) is 0 Å². The summed E-state index contributed by atoms with van der Waals surface area (Å²) in [6.07, 6.45) is 0. The van der Waals surface area contributed by atoms with Gasteiger partial charge in [-0.2, -0.15) is 0 Å². The first kappa shape index (κ1) is 12.2. The molecular weight excluding hydrogens is 210 g/mol. The number of aliphatic hydroxyl groups excluding tert-OH is 1. The predicted molar refractivity (Wildman–Crippen MR) is 58.0 cm³/mol. The number of esters is 1. The van der Waals surface area contributed by atoms with E-state index in [9.17, 15) is 9.59 Å². The molecule has 5 heteroatoms. The summed E-state index contributed by atoms with van der Waals surface area (Å²) in [6.45, 7) is 2.42. The van der Waals surface area contributed by atoms with Crippen LogP contribution in [0.4, 0.5) is 5.69 Å². The summed E-state index contributed by atoms with van der Waals surface area (Å²) >= 11 is 0. The highest BCUT2D eigenvalue weighted by molar-refractivity contribution is 5.89. The lowest BCUT2D eigenvalue weighted by Gasteiger charge is -2.09. The average Bonchev–Trinajstić information content (AvgIpc) is 2.18. The van der Waals surface area contributed by atoms with E-state index in [1.807, 2.05) is 0 Å². The van der Waals surface area contributed by atoms with Crippen molar-refractivity contribution in [2.75, 3.05) is 5.32 Å². The highest BCUT2D eigenvalue weighted by Gasteiger charge is 2.06. The van der Waals surface area contributed by atoms with Crippen LogP contribution in [0.5, 0.6) is 5.75 Å². The first-order chi connectivity index (χ1) is 7.52. The number of aliphatic hydroxyl groups is 1. The second-order valence-corrected chi connectivity index (χ2v) is 3.25. The molecule has 0 aliphatic rings. The lowest BCUT2D eigenvalue weighted by Crippen LogP contribution is -2.09. The molecule has 5 nitrogen and oxygen atoms in total.